The summed E-state index contributed by atoms with van der Waals surface area (Å²) in [4.78, 5) is 27.7. The molecule has 0 aliphatic rings. The largest absolute Gasteiger partial charge is 0.354 e. The highest BCUT2D eigenvalue weighted by molar-refractivity contribution is 7.13. The van der Waals surface area contributed by atoms with E-state index in [-0.39, 0.29) is 24.4 Å². The Kier molecular flexibility index (Phi) is 5.48. The molecule has 3 amide bonds. The molecule has 0 aliphatic heterocycles. The lowest BCUT2D eigenvalue weighted by Gasteiger charge is -2.06. The number of benzene rings is 1. The summed E-state index contributed by atoms with van der Waals surface area (Å²) in [5.41, 5.74) is 1.34. The summed E-state index contributed by atoms with van der Waals surface area (Å²) >= 11 is 1.29. The Labute approximate surface area is 133 Å². The Morgan fingerprint density at radius 2 is 1.91 bits per heavy atom. The number of thiazole rings is 1. The summed E-state index contributed by atoms with van der Waals surface area (Å²) < 4.78 is 0. The van der Waals surface area contributed by atoms with Crippen LogP contribution in [0.15, 0.2) is 35.7 Å². The van der Waals surface area contributed by atoms with E-state index in [1.807, 2.05) is 32.0 Å². The Morgan fingerprint density at radius 3 is 2.59 bits per heavy atom. The molecule has 0 saturated carbocycles. The number of para-hydroxylation sites is 1. The predicted molar refractivity (Wildman–Crippen MR) is 88.2 cm³/mol. The van der Waals surface area contributed by atoms with Crippen LogP contribution in [0.25, 0.3) is 0 Å². The van der Waals surface area contributed by atoms with Gasteiger partial charge in [-0.2, -0.15) is 0 Å². The fourth-order valence-corrected chi connectivity index (χ4v) is 2.47. The Balaban J connectivity index is 1.86. The van der Waals surface area contributed by atoms with Gasteiger partial charge >= 0.3 is 6.03 Å². The van der Waals surface area contributed by atoms with Crippen molar-refractivity contribution in [2.45, 2.75) is 26.3 Å². The number of anilines is 2. The number of rotatable bonds is 5. The van der Waals surface area contributed by atoms with Gasteiger partial charge in [-0.15, -0.1) is 11.3 Å². The zero-order valence-electron chi connectivity index (χ0n) is 12.4. The first-order valence-electron chi connectivity index (χ1n) is 6.90. The van der Waals surface area contributed by atoms with Crippen LogP contribution >= 0.6 is 11.3 Å². The molecule has 0 saturated heterocycles. The van der Waals surface area contributed by atoms with Crippen molar-refractivity contribution in [1.82, 2.24) is 10.3 Å². The highest BCUT2D eigenvalue weighted by Gasteiger charge is 2.10. The quantitative estimate of drug-likeness (QED) is 0.792. The van der Waals surface area contributed by atoms with E-state index >= 15 is 0 Å². The first kappa shape index (κ1) is 16.0. The summed E-state index contributed by atoms with van der Waals surface area (Å²) in [5.74, 6) is -0.0828. The highest BCUT2D eigenvalue weighted by Crippen LogP contribution is 2.16. The van der Waals surface area contributed by atoms with Gasteiger partial charge in [0.2, 0.25) is 5.91 Å². The Hall–Kier alpha value is -2.41. The van der Waals surface area contributed by atoms with Gasteiger partial charge in [0.1, 0.15) is 0 Å². The maximum absolute atomic E-state index is 11.8. The van der Waals surface area contributed by atoms with E-state index in [2.05, 4.69) is 20.9 Å². The number of carbonyl (C=O) groups is 2. The van der Waals surface area contributed by atoms with Gasteiger partial charge in [-0.1, -0.05) is 18.2 Å². The van der Waals surface area contributed by atoms with Crippen molar-refractivity contribution in [1.29, 1.82) is 0 Å². The van der Waals surface area contributed by atoms with Crippen molar-refractivity contribution in [3.63, 3.8) is 0 Å². The van der Waals surface area contributed by atoms with Crippen LogP contribution in [0.5, 0.6) is 0 Å². The van der Waals surface area contributed by atoms with E-state index in [4.69, 9.17) is 0 Å². The minimum Gasteiger partial charge on any atom is -0.354 e. The summed E-state index contributed by atoms with van der Waals surface area (Å²) in [6.07, 6.45) is 0.205. The molecular weight excluding hydrogens is 300 g/mol. The van der Waals surface area contributed by atoms with Gasteiger partial charge < -0.3 is 10.6 Å². The molecule has 22 heavy (non-hydrogen) atoms. The van der Waals surface area contributed by atoms with Crippen molar-refractivity contribution >= 4 is 34.1 Å². The lowest BCUT2D eigenvalue weighted by atomic mass is 10.3. The smallest absolute Gasteiger partial charge is 0.325 e. The van der Waals surface area contributed by atoms with E-state index in [0.717, 1.165) is 0 Å². The van der Waals surface area contributed by atoms with Crippen LogP contribution in [-0.4, -0.2) is 23.0 Å². The lowest BCUT2D eigenvalue weighted by molar-refractivity contribution is -0.120. The van der Waals surface area contributed by atoms with Crippen LogP contribution in [-0.2, 0) is 11.2 Å². The number of aromatic nitrogens is 1. The molecule has 0 atom stereocenters. The number of urea groups is 1. The maximum atomic E-state index is 11.8. The Morgan fingerprint density at radius 1 is 1.18 bits per heavy atom. The molecule has 3 N–H and O–H groups in total. The van der Waals surface area contributed by atoms with E-state index in [1.54, 1.807) is 17.5 Å². The predicted octanol–water partition coefficient (Wildman–Crippen LogP) is 2.85. The van der Waals surface area contributed by atoms with Crippen molar-refractivity contribution in [2.75, 3.05) is 10.6 Å². The van der Waals surface area contributed by atoms with E-state index < -0.39 is 0 Å². The minimum absolute atomic E-state index is 0.0828. The average molecular weight is 318 g/mol. The molecule has 0 radical (unpaired) electrons. The summed E-state index contributed by atoms with van der Waals surface area (Å²) in [6, 6.07) is 8.87. The van der Waals surface area contributed by atoms with Crippen LogP contribution in [0.3, 0.4) is 0 Å². The number of nitrogens with zero attached hydrogens (tertiary/aromatic N) is 1. The fourth-order valence-electron chi connectivity index (χ4n) is 1.76. The number of amides is 3. The van der Waals surface area contributed by atoms with Gasteiger partial charge in [0.25, 0.3) is 0 Å². The monoisotopic (exact) mass is 318 g/mol. The molecule has 0 bridgehead atoms. The van der Waals surface area contributed by atoms with E-state index in [0.29, 0.717) is 16.5 Å². The molecular formula is C15H18N4O2S. The molecule has 1 aromatic carbocycles. The molecule has 7 heteroatoms. The normalized spacial score (nSPS) is 10.3. The van der Waals surface area contributed by atoms with Gasteiger partial charge in [0.15, 0.2) is 5.13 Å². The zero-order valence-corrected chi connectivity index (χ0v) is 13.2. The summed E-state index contributed by atoms with van der Waals surface area (Å²) in [7, 11) is 0. The van der Waals surface area contributed by atoms with Crippen LogP contribution in [0.2, 0.25) is 0 Å². The molecule has 2 rings (SSSR count). The van der Waals surface area contributed by atoms with Crippen molar-refractivity contribution < 1.29 is 9.59 Å². The zero-order chi connectivity index (χ0) is 15.9. The maximum Gasteiger partial charge on any atom is 0.325 e. The van der Waals surface area contributed by atoms with Crippen molar-refractivity contribution in [3.05, 3.63) is 41.4 Å². The third kappa shape index (κ3) is 5.17. The van der Waals surface area contributed by atoms with Crippen LogP contribution in [0.4, 0.5) is 15.6 Å². The molecule has 0 fully saturated rings. The first-order valence-corrected chi connectivity index (χ1v) is 7.77. The van der Waals surface area contributed by atoms with Gasteiger partial charge in [0, 0.05) is 17.1 Å². The van der Waals surface area contributed by atoms with Crippen LogP contribution in [0, 0.1) is 0 Å². The molecule has 6 nitrogen and oxygen atoms in total. The second kappa shape index (κ2) is 7.56. The van der Waals surface area contributed by atoms with Crippen LogP contribution in [0.1, 0.15) is 19.5 Å². The molecule has 0 spiro atoms. The van der Waals surface area contributed by atoms with Crippen molar-refractivity contribution in [2.24, 2.45) is 0 Å². The summed E-state index contributed by atoms with van der Waals surface area (Å²) in [6.45, 7) is 3.81. The molecule has 0 unspecified atom stereocenters. The molecule has 2 aromatic rings. The van der Waals surface area contributed by atoms with E-state index in [9.17, 15) is 9.59 Å². The fraction of sp³-hybridized carbons (Fsp3) is 0.267. The molecule has 1 heterocycles. The summed E-state index contributed by atoms with van der Waals surface area (Å²) in [5, 5.41) is 10.4. The highest BCUT2D eigenvalue weighted by atomic mass is 32.1. The average Bonchev–Trinajstić information content (AvgIpc) is 2.85. The molecule has 1 aromatic heterocycles. The van der Waals surface area contributed by atoms with Crippen molar-refractivity contribution in [3.8, 4) is 0 Å². The van der Waals surface area contributed by atoms with E-state index in [1.165, 1.54) is 11.3 Å². The SMILES string of the molecule is CC(C)NC(=O)Cc1csc(NC(=O)Nc2ccccc2)n1. The van der Waals surface area contributed by atoms with Gasteiger partial charge in [0.05, 0.1) is 12.1 Å². The number of carbonyl (C=O) groups excluding carboxylic acids is 2. The second-order valence-corrected chi connectivity index (χ2v) is 5.85. The minimum atomic E-state index is -0.362. The Bertz CT molecular complexity index is 640. The van der Waals surface area contributed by atoms with Gasteiger partial charge in [-0.05, 0) is 26.0 Å². The third-order valence-electron chi connectivity index (χ3n) is 2.60. The molecule has 0 aliphatic carbocycles. The standard InChI is InChI=1S/C15H18N4O2S/c1-10(2)16-13(20)8-12-9-22-15(18-12)19-14(21)17-11-6-4-3-5-7-11/h3-7,9-10H,8H2,1-2H3,(H,16,20)(H2,17,18,19,21). The third-order valence-corrected chi connectivity index (χ3v) is 3.40. The number of hydrogen-bond acceptors (Lipinski definition) is 4. The second-order valence-electron chi connectivity index (χ2n) is 4.99. The number of nitrogens with one attached hydrogen (secondary N) is 3. The van der Waals surface area contributed by atoms with Gasteiger partial charge in [-0.25, -0.2) is 9.78 Å². The van der Waals surface area contributed by atoms with Crippen LogP contribution < -0.4 is 16.0 Å². The van der Waals surface area contributed by atoms with Gasteiger partial charge in [-0.3, -0.25) is 10.1 Å². The topological polar surface area (TPSA) is 83.1 Å². The first-order chi connectivity index (χ1) is 10.5. The lowest BCUT2D eigenvalue weighted by Crippen LogP contribution is -2.31. The molecule has 116 valence electrons. The number of hydrogen-bond donors (Lipinski definition) is 3.